The van der Waals surface area contributed by atoms with Gasteiger partial charge in [0.15, 0.2) is 24.0 Å². The molecule has 0 heterocycles. The van der Waals surface area contributed by atoms with Crippen LogP contribution in [0.5, 0.6) is 11.5 Å². The number of benzene rings is 2. The van der Waals surface area contributed by atoms with Gasteiger partial charge in [-0.1, -0.05) is 15.9 Å². The molecule has 0 radical (unpaired) electrons. The van der Waals surface area contributed by atoms with Gasteiger partial charge in [-0.15, -0.1) is 0 Å². The van der Waals surface area contributed by atoms with E-state index in [2.05, 4.69) is 26.5 Å². The molecular formula is C15H11BrF2N2O3. The molecule has 0 bridgehead atoms. The Morgan fingerprint density at radius 1 is 1.26 bits per heavy atom. The molecule has 8 heteroatoms. The fourth-order valence-electron chi connectivity index (χ4n) is 1.58. The molecule has 0 aliphatic carbocycles. The average Bonchev–Trinajstić information content (AvgIpc) is 2.48. The summed E-state index contributed by atoms with van der Waals surface area (Å²) in [5, 5.41) is 12.8. The first-order valence-electron chi connectivity index (χ1n) is 6.34. The highest BCUT2D eigenvalue weighted by molar-refractivity contribution is 9.10. The van der Waals surface area contributed by atoms with Gasteiger partial charge in [-0.3, -0.25) is 4.79 Å². The van der Waals surface area contributed by atoms with Crippen molar-refractivity contribution >= 4 is 28.1 Å². The molecule has 5 nitrogen and oxygen atoms in total. The van der Waals surface area contributed by atoms with E-state index in [1.165, 1.54) is 18.3 Å². The molecule has 1 amide bonds. The summed E-state index contributed by atoms with van der Waals surface area (Å²) in [6.07, 6.45) is 1.35. The maximum atomic E-state index is 13.5. The zero-order valence-corrected chi connectivity index (χ0v) is 13.2. The molecule has 120 valence electrons. The lowest BCUT2D eigenvalue weighted by molar-refractivity contribution is -0.123. The number of hydrogen-bond donors (Lipinski definition) is 2. The van der Waals surface area contributed by atoms with Gasteiger partial charge in [0, 0.05) is 4.47 Å². The number of hydrogen-bond acceptors (Lipinski definition) is 4. The largest absolute Gasteiger partial charge is 0.508 e. The number of carbonyl (C=O) groups excluding carboxylic acids is 1. The second kappa shape index (κ2) is 7.68. The van der Waals surface area contributed by atoms with Crippen LogP contribution >= 0.6 is 15.9 Å². The van der Waals surface area contributed by atoms with E-state index in [1.807, 2.05) is 0 Å². The van der Waals surface area contributed by atoms with Crippen molar-refractivity contribution in [3.05, 3.63) is 58.1 Å². The van der Waals surface area contributed by atoms with Crippen LogP contribution in [0.3, 0.4) is 0 Å². The third-order valence-corrected chi connectivity index (χ3v) is 3.06. The van der Waals surface area contributed by atoms with Crippen LogP contribution in [0.15, 0.2) is 46.0 Å². The fourth-order valence-corrected chi connectivity index (χ4v) is 1.98. The number of phenolic OH excluding ortho intramolecular Hbond substituents is 1. The number of rotatable bonds is 5. The number of amides is 1. The highest BCUT2D eigenvalue weighted by Gasteiger charge is 2.13. The first-order chi connectivity index (χ1) is 11.0. The minimum atomic E-state index is -0.919. The Balaban J connectivity index is 1.87. The Hall–Kier alpha value is -2.48. The predicted molar refractivity (Wildman–Crippen MR) is 83.4 cm³/mol. The molecule has 0 saturated carbocycles. The second-order valence-corrected chi connectivity index (χ2v) is 5.29. The highest BCUT2D eigenvalue weighted by atomic mass is 79.9. The van der Waals surface area contributed by atoms with Crippen molar-refractivity contribution in [3.8, 4) is 11.5 Å². The zero-order valence-electron chi connectivity index (χ0n) is 11.6. The Kier molecular flexibility index (Phi) is 5.64. The first kappa shape index (κ1) is 16.9. The summed E-state index contributed by atoms with van der Waals surface area (Å²) in [5.41, 5.74) is 2.80. The minimum absolute atomic E-state index is 0.109. The molecule has 2 N–H and O–H groups in total. The standard InChI is InChI=1S/C15H11BrF2N2O3/c16-10-5-12(17)15(13(18)6-10)23-8-14(22)20-19-7-9-1-3-11(21)4-2-9/h1-7,21H,8H2,(H,20,22). The summed E-state index contributed by atoms with van der Waals surface area (Å²) in [6.45, 7) is -0.595. The topological polar surface area (TPSA) is 70.9 Å². The summed E-state index contributed by atoms with van der Waals surface area (Å²) in [6, 6.07) is 8.16. The average molecular weight is 385 g/mol. The van der Waals surface area contributed by atoms with E-state index in [4.69, 9.17) is 9.84 Å². The maximum absolute atomic E-state index is 13.5. The molecule has 23 heavy (non-hydrogen) atoms. The summed E-state index contributed by atoms with van der Waals surface area (Å²) < 4.78 is 32.0. The van der Waals surface area contributed by atoms with E-state index in [9.17, 15) is 13.6 Å². The molecule has 0 fully saturated rings. The first-order valence-corrected chi connectivity index (χ1v) is 7.13. The number of nitrogens with one attached hydrogen (secondary N) is 1. The summed E-state index contributed by atoms with van der Waals surface area (Å²) >= 11 is 2.94. The van der Waals surface area contributed by atoms with Crippen LogP contribution in [0.1, 0.15) is 5.56 Å². The van der Waals surface area contributed by atoms with E-state index in [0.717, 1.165) is 12.1 Å². The number of phenols is 1. The van der Waals surface area contributed by atoms with Gasteiger partial charge in [-0.05, 0) is 42.0 Å². The molecule has 0 atom stereocenters. The van der Waals surface area contributed by atoms with E-state index >= 15 is 0 Å². The number of nitrogens with zero attached hydrogens (tertiary/aromatic N) is 1. The van der Waals surface area contributed by atoms with Crippen molar-refractivity contribution in [2.45, 2.75) is 0 Å². The minimum Gasteiger partial charge on any atom is -0.508 e. The van der Waals surface area contributed by atoms with Crippen molar-refractivity contribution in [1.82, 2.24) is 5.43 Å². The van der Waals surface area contributed by atoms with Gasteiger partial charge < -0.3 is 9.84 Å². The monoisotopic (exact) mass is 384 g/mol. The number of hydrazone groups is 1. The van der Waals surface area contributed by atoms with E-state index < -0.39 is 29.9 Å². The SMILES string of the molecule is O=C(COc1c(F)cc(Br)cc1F)NN=Cc1ccc(O)cc1. The van der Waals surface area contributed by atoms with E-state index in [-0.39, 0.29) is 10.2 Å². The summed E-state index contributed by atoms with van der Waals surface area (Å²) in [5.74, 6) is -3.04. The molecule has 0 aliphatic heterocycles. The van der Waals surface area contributed by atoms with Crippen molar-refractivity contribution in [1.29, 1.82) is 0 Å². The molecule has 0 aliphatic rings. The van der Waals surface area contributed by atoms with Crippen LogP contribution in [0.4, 0.5) is 8.78 Å². The van der Waals surface area contributed by atoms with Crippen molar-refractivity contribution in [3.63, 3.8) is 0 Å². The lowest BCUT2D eigenvalue weighted by atomic mass is 10.2. The molecular weight excluding hydrogens is 374 g/mol. The third-order valence-electron chi connectivity index (χ3n) is 2.61. The normalized spacial score (nSPS) is 10.7. The Morgan fingerprint density at radius 2 is 1.87 bits per heavy atom. The van der Waals surface area contributed by atoms with Gasteiger partial charge in [-0.2, -0.15) is 5.10 Å². The van der Waals surface area contributed by atoms with Crippen LogP contribution < -0.4 is 10.2 Å². The Morgan fingerprint density at radius 3 is 2.48 bits per heavy atom. The van der Waals surface area contributed by atoms with Crippen molar-refractivity contribution in [2.24, 2.45) is 5.10 Å². The van der Waals surface area contributed by atoms with Gasteiger partial charge in [0.05, 0.1) is 6.21 Å². The van der Waals surface area contributed by atoms with Crippen LogP contribution in [0, 0.1) is 11.6 Å². The predicted octanol–water partition coefficient (Wildman–Crippen LogP) is 2.96. The smallest absolute Gasteiger partial charge is 0.277 e. The van der Waals surface area contributed by atoms with E-state index in [1.54, 1.807) is 12.1 Å². The number of halogens is 3. The number of ether oxygens (including phenoxy) is 1. The van der Waals surface area contributed by atoms with Gasteiger partial charge in [-0.25, -0.2) is 14.2 Å². The van der Waals surface area contributed by atoms with Gasteiger partial charge in [0.1, 0.15) is 5.75 Å². The lowest BCUT2D eigenvalue weighted by Gasteiger charge is -2.07. The summed E-state index contributed by atoms with van der Waals surface area (Å²) in [7, 11) is 0. The zero-order chi connectivity index (χ0) is 16.8. The summed E-state index contributed by atoms with van der Waals surface area (Å²) in [4.78, 5) is 11.5. The molecule has 2 rings (SSSR count). The fraction of sp³-hybridized carbons (Fsp3) is 0.0667. The molecule has 2 aromatic carbocycles. The van der Waals surface area contributed by atoms with Crippen LogP contribution in [0.2, 0.25) is 0 Å². The Labute approximate surface area is 138 Å². The van der Waals surface area contributed by atoms with Gasteiger partial charge in [0.25, 0.3) is 5.91 Å². The number of aromatic hydroxyl groups is 1. The van der Waals surface area contributed by atoms with Crippen LogP contribution in [0.25, 0.3) is 0 Å². The van der Waals surface area contributed by atoms with E-state index in [0.29, 0.717) is 5.56 Å². The third kappa shape index (κ3) is 5.03. The quantitative estimate of drug-likeness (QED) is 0.614. The van der Waals surface area contributed by atoms with Crippen molar-refractivity contribution < 1.29 is 23.4 Å². The number of carbonyl (C=O) groups is 1. The molecule has 0 unspecified atom stereocenters. The maximum Gasteiger partial charge on any atom is 0.277 e. The molecule has 0 aromatic heterocycles. The van der Waals surface area contributed by atoms with Crippen LogP contribution in [-0.4, -0.2) is 23.8 Å². The van der Waals surface area contributed by atoms with Gasteiger partial charge in [0.2, 0.25) is 0 Å². The molecule has 0 saturated heterocycles. The second-order valence-electron chi connectivity index (χ2n) is 4.37. The molecule has 2 aromatic rings. The highest BCUT2D eigenvalue weighted by Crippen LogP contribution is 2.25. The lowest BCUT2D eigenvalue weighted by Crippen LogP contribution is -2.25. The van der Waals surface area contributed by atoms with Crippen LogP contribution in [-0.2, 0) is 4.79 Å². The molecule has 0 spiro atoms. The van der Waals surface area contributed by atoms with Gasteiger partial charge >= 0.3 is 0 Å². The van der Waals surface area contributed by atoms with Crippen molar-refractivity contribution in [2.75, 3.05) is 6.61 Å². The Bertz CT molecular complexity index is 713.